The molecule has 0 saturated carbocycles. The van der Waals surface area contributed by atoms with Gasteiger partial charge in [-0.2, -0.15) is 0 Å². The van der Waals surface area contributed by atoms with Crippen LogP contribution >= 0.6 is 11.8 Å². The highest BCUT2D eigenvalue weighted by Gasteiger charge is 2.61. The molecule has 2 unspecified atom stereocenters. The fourth-order valence-electron chi connectivity index (χ4n) is 4.89. The van der Waals surface area contributed by atoms with E-state index < -0.39 is 4.87 Å². The van der Waals surface area contributed by atoms with Crippen molar-refractivity contribution < 1.29 is 9.59 Å². The lowest BCUT2D eigenvalue weighted by Crippen LogP contribution is -2.52. The molecule has 2 fully saturated rings. The number of rotatable bonds is 3. The number of benzene rings is 2. The van der Waals surface area contributed by atoms with E-state index in [0.29, 0.717) is 18.3 Å². The van der Waals surface area contributed by atoms with E-state index in [1.165, 1.54) is 24.6 Å². The van der Waals surface area contributed by atoms with Gasteiger partial charge in [0.15, 0.2) is 0 Å². The van der Waals surface area contributed by atoms with Gasteiger partial charge in [-0.3, -0.25) is 24.3 Å². The van der Waals surface area contributed by atoms with Crippen molar-refractivity contribution in [3.63, 3.8) is 0 Å². The molecule has 0 N–H and O–H groups in total. The molecule has 2 saturated heterocycles. The van der Waals surface area contributed by atoms with E-state index in [1.54, 1.807) is 4.90 Å². The van der Waals surface area contributed by atoms with Gasteiger partial charge in [-0.1, -0.05) is 43.3 Å². The Labute approximate surface area is 175 Å². The summed E-state index contributed by atoms with van der Waals surface area (Å²) in [4.78, 5) is 31.9. The number of hydrogen-bond acceptors (Lipinski definition) is 4. The number of thioether (sulfide) groups is 1. The lowest BCUT2D eigenvalue weighted by Gasteiger charge is -2.36. The van der Waals surface area contributed by atoms with Crippen LogP contribution in [0.2, 0.25) is 0 Å². The first kappa shape index (κ1) is 18.7. The third-order valence-corrected chi connectivity index (χ3v) is 7.55. The second kappa shape index (κ2) is 7.18. The number of carbonyl (C=O) groups is 2. The zero-order valence-corrected chi connectivity index (χ0v) is 17.4. The summed E-state index contributed by atoms with van der Waals surface area (Å²) in [6, 6.07) is 17.5. The third-order valence-electron chi connectivity index (χ3n) is 6.16. The van der Waals surface area contributed by atoms with Gasteiger partial charge in [0.2, 0.25) is 10.8 Å². The van der Waals surface area contributed by atoms with Gasteiger partial charge in [0.1, 0.15) is 0 Å². The summed E-state index contributed by atoms with van der Waals surface area (Å²) in [5, 5.41) is 0. The van der Waals surface area contributed by atoms with Crippen LogP contribution in [0, 0.1) is 5.92 Å². The standard InChI is InChI=1S/C23H25N3O2S/c1-17-8-7-13-24(14-17)16-25-20-12-6-5-11-19(20)23(22(25)28)26(21(27)15-29-23)18-9-3-2-4-10-18/h2-6,9-12,17H,7-8,13-16H2,1H3. The van der Waals surface area contributed by atoms with Gasteiger partial charge in [-0.05, 0) is 43.5 Å². The monoisotopic (exact) mass is 407 g/mol. The molecule has 5 rings (SSSR count). The minimum absolute atomic E-state index is 0.00312. The van der Waals surface area contributed by atoms with Gasteiger partial charge in [0, 0.05) is 17.8 Å². The number of hydrogen-bond donors (Lipinski definition) is 0. The van der Waals surface area contributed by atoms with E-state index in [0.717, 1.165) is 30.0 Å². The Bertz CT molecular complexity index is 950. The quantitative estimate of drug-likeness (QED) is 0.779. The average molecular weight is 408 g/mol. The summed E-state index contributed by atoms with van der Waals surface area (Å²) in [6.45, 7) is 4.88. The smallest absolute Gasteiger partial charge is 0.269 e. The van der Waals surface area contributed by atoms with E-state index in [4.69, 9.17) is 0 Å². The van der Waals surface area contributed by atoms with Crippen LogP contribution in [-0.4, -0.2) is 42.2 Å². The molecule has 150 valence electrons. The maximum absolute atomic E-state index is 14.0. The molecule has 29 heavy (non-hydrogen) atoms. The van der Waals surface area contributed by atoms with Crippen molar-refractivity contribution in [3.8, 4) is 0 Å². The Balaban J connectivity index is 1.57. The Morgan fingerprint density at radius 3 is 2.62 bits per heavy atom. The summed E-state index contributed by atoms with van der Waals surface area (Å²) in [6.07, 6.45) is 2.41. The van der Waals surface area contributed by atoms with Crippen molar-refractivity contribution in [2.24, 2.45) is 5.92 Å². The molecule has 3 aliphatic rings. The summed E-state index contributed by atoms with van der Waals surface area (Å²) in [5.74, 6) is 0.937. The summed E-state index contributed by atoms with van der Waals surface area (Å²) >= 11 is 1.45. The van der Waals surface area contributed by atoms with Gasteiger partial charge in [0.25, 0.3) is 5.91 Å². The zero-order chi connectivity index (χ0) is 20.0. The Morgan fingerprint density at radius 2 is 1.83 bits per heavy atom. The largest absolute Gasteiger partial charge is 0.295 e. The van der Waals surface area contributed by atoms with E-state index >= 15 is 0 Å². The number of piperidine rings is 1. The number of fused-ring (bicyclic) bond motifs is 2. The van der Waals surface area contributed by atoms with Crippen molar-refractivity contribution in [3.05, 3.63) is 60.2 Å². The number of likely N-dealkylation sites (tertiary alicyclic amines) is 1. The van der Waals surface area contributed by atoms with Crippen molar-refractivity contribution in [1.82, 2.24) is 4.90 Å². The molecule has 2 aromatic carbocycles. The van der Waals surface area contributed by atoms with Crippen LogP contribution in [-0.2, 0) is 14.5 Å². The predicted molar refractivity (Wildman–Crippen MR) is 117 cm³/mol. The first-order chi connectivity index (χ1) is 14.1. The number of para-hydroxylation sites is 2. The summed E-state index contributed by atoms with van der Waals surface area (Å²) < 4.78 is 0. The van der Waals surface area contributed by atoms with Gasteiger partial charge < -0.3 is 0 Å². The highest BCUT2D eigenvalue weighted by atomic mass is 32.2. The van der Waals surface area contributed by atoms with Crippen LogP contribution in [0.1, 0.15) is 25.3 Å². The number of amides is 2. The molecule has 2 aromatic rings. The second-order valence-electron chi connectivity index (χ2n) is 8.21. The zero-order valence-electron chi connectivity index (χ0n) is 16.6. The average Bonchev–Trinajstić information content (AvgIpc) is 3.20. The molecule has 2 atom stereocenters. The molecule has 0 bridgehead atoms. The Morgan fingerprint density at radius 1 is 1.07 bits per heavy atom. The van der Waals surface area contributed by atoms with Crippen molar-refractivity contribution in [2.75, 3.05) is 35.3 Å². The van der Waals surface area contributed by atoms with E-state index in [-0.39, 0.29) is 11.8 Å². The first-order valence-corrected chi connectivity index (χ1v) is 11.3. The van der Waals surface area contributed by atoms with Crippen LogP contribution in [0.25, 0.3) is 0 Å². The van der Waals surface area contributed by atoms with Crippen LogP contribution < -0.4 is 9.80 Å². The lowest BCUT2D eigenvalue weighted by atomic mass is 10.0. The summed E-state index contributed by atoms with van der Waals surface area (Å²) in [7, 11) is 0. The van der Waals surface area contributed by atoms with Crippen LogP contribution in [0.3, 0.4) is 0 Å². The molecule has 1 spiro atoms. The van der Waals surface area contributed by atoms with Gasteiger partial charge >= 0.3 is 0 Å². The number of carbonyl (C=O) groups excluding carboxylic acids is 2. The SMILES string of the molecule is CC1CCCN(CN2C(=O)C3(SCC(=O)N3c3ccccc3)c3ccccc32)C1. The Hall–Kier alpha value is -2.31. The molecule has 6 heteroatoms. The van der Waals surface area contributed by atoms with Crippen molar-refractivity contribution in [1.29, 1.82) is 0 Å². The number of nitrogens with zero attached hydrogens (tertiary/aromatic N) is 3. The fraction of sp³-hybridized carbons (Fsp3) is 0.391. The minimum Gasteiger partial charge on any atom is -0.295 e. The molecule has 5 nitrogen and oxygen atoms in total. The van der Waals surface area contributed by atoms with Crippen LogP contribution in [0.5, 0.6) is 0 Å². The van der Waals surface area contributed by atoms with Gasteiger partial charge in [-0.25, -0.2) is 0 Å². The fourth-order valence-corrected chi connectivity index (χ4v) is 6.25. The third kappa shape index (κ3) is 2.89. The highest BCUT2D eigenvalue weighted by Crippen LogP contribution is 2.55. The molecule has 3 aliphatic heterocycles. The van der Waals surface area contributed by atoms with Crippen LogP contribution in [0.15, 0.2) is 54.6 Å². The molecule has 0 aromatic heterocycles. The minimum atomic E-state index is -1.00. The molecular weight excluding hydrogens is 382 g/mol. The van der Waals surface area contributed by atoms with E-state index in [2.05, 4.69) is 11.8 Å². The maximum atomic E-state index is 14.0. The highest BCUT2D eigenvalue weighted by molar-refractivity contribution is 8.02. The van der Waals surface area contributed by atoms with E-state index in [1.807, 2.05) is 59.5 Å². The first-order valence-electron chi connectivity index (χ1n) is 10.3. The molecule has 0 radical (unpaired) electrons. The van der Waals surface area contributed by atoms with Crippen molar-refractivity contribution in [2.45, 2.75) is 24.6 Å². The summed E-state index contributed by atoms with van der Waals surface area (Å²) in [5.41, 5.74) is 2.63. The molecule has 2 amide bonds. The topological polar surface area (TPSA) is 43.9 Å². The number of anilines is 2. The predicted octanol–water partition coefficient (Wildman–Crippen LogP) is 3.66. The maximum Gasteiger partial charge on any atom is 0.269 e. The van der Waals surface area contributed by atoms with Crippen molar-refractivity contribution >= 4 is 35.0 Å². The molecule has 3 heterocycles. The Kier molecular flexibility index (Phi) is 4.63. The van der Waals surface area contributed by atoms with E-state index in [9.17, 15) is 9.59 Å². The van der Waals surface area contributed by atoms with Gasteiger partial charge in [-0.15, -0.1) is 11.8 Å². The lowest BCUT2D eigenvalue weighted by molar-refractivity contribution is -0.124. The van der Waals surface area contributed by atoms with Gasteiger partial charge in [0.05, 0.1) is 18.1 Å². The van der Waals surface area contributed by atoms with Crippen LogP contribution in [0.4, 0.5) is 11.4 Å². The molecule has 0 aliphatic carbocycles. The normalized spacial score (nSPS) is 27.1. The molecular formula is C23H25N3O2S. The second-order valence-corrected chi connectivity index (χ2v) is 9.38.